The van der Waals surface area contributed by atoms with Crippen molar-refractivity contribution in [1.29, 1.82) is 0 Å². The van der Waals surface area contributed by atoms with Gasteiger partial charge in [0.05, 0.1) is 6.54 Å². The van der Waals surface area contributed by atoms with E-state index < -0.39 is 11.9 Å². The molecule has 3 aromatic rings. The molecule has 1 atom stereocenters. The summed E-state index contributed by atoms with van der Waals surface area (Å²) in [5, 5.41) is 3.37. The SMILES string of the molecule is O=C1CCC(N2Cc3c(OCc4cc5ccc(CN6CCCCC6)cc5o4)cccc3C2=O)C(=O)N1. The molecule has 3 aliphatic rings. The molecule has 2 saturated heterocycles. The van der Waals surface area contributed by atoms with Crippen molar-refractivity contribution >= 4 is 28.7 Å². The van der Waals surface area contributed by atoms with Gasteiger partial charge in [-0.3, -0.25) is 24.6 Å². The molecular formula is C28H29N3O5. The van der Waals surface area contributed by atoms with E-state index in [4.69, 9.17) is 9.15 Å². The van der Waals surface area contributed by atoms with Crippen molar-refractivity contribution in [1.82, 2.24) is 15.1 Å². The molecule has 4 heterocycles. The summed E-state index contributed by atoms with van der Waals surface area (Å²) < 4.78 is 12.2. The quantitative estimate of drug-likeness (QED) is 0.533. The zero-order valence-electron chi connectivity index (χ0n) is 20.1. The number of furan rings is 1. The van der Waals surface area contributed by atoms with E-state index in [1.165, 1.54) is 29.7 Å². The van der Waals surface area contributed by atoms with Crippen molar-refractivity contribution in [3.05, 3.63) is 64.9 Å². The number of likely N-dealkylation sites (tertiary alicyclic amines) is 1. The zero-order valence-corrected chi connectivity index (χ0v) is 20.1. The van der Waals surface area contributed by atoms with Gasteiger partial charge in [-0.05, 0) is 62.2 Å². The summed E-state index contributed by atoms with van der Waals surface area (Å²) in [7, 11) is 0. The van der Waals surface area contributed by atoms with Crippen LogP contribution in [0.15, 0.2) is 46.9 Å². The number of ether oxygens (including phenoxy) is 1. The second-order valence-corrected chi connectivity index (χ2v) is 9.89. The number of hydrogen-bond donors (Lipinski definition) is 1. The summed E-state index contributed by atoms with van der Waals surface area (Å²) in [6, 6.07) is 13.1. The number of amides is 3. The van der Waals surface area contributed by atoms with E-state index in [0.29, 0.717) is 23.5 Å². The second-order valence-electron chi connectivity index (χ2n) is 9.89. The minimum Gasteiger partial charge on any atom is -0.485 e. The average Bonchev–Trinajstić information content (AvgIpc) is 3.44. The highest BCUT2D eigenvalue weighted by molar-refractivity contribution is 6.05. The lowest BCUT2D eigenvalue weighted by Crippen LogP contribution is -2.52. The highest BCUT2D eigenvalue weighted by atomic mass is 16.5. The van der Waals surface area contributed by atoms with Crippen LogP contribution in [0.1, 0.15) is 59.3 Å². The molecule has 0 bridgehead atoms. The molecule has 1 unspecified atom stereocenters. The molecule has 0 saturated carbocycles. The van der Waals surface area contributed by atoms with Gasteiger partial charge in [0.25, 0.3) is 5.91 Å². The van der Waals surface area contributed by atoms with Gasteiger partial charge in [-0.15, -0.1) is 0 Å². The van der Waals surface area contributed by atoms with Crippen LogP contribution in [0.4, 0.5) is 0 Å². The van der Waals surface area contributed by atoms with Gasteiger partial charge >= 0.3 is 0 Å². The third-order valence-electron chi connectivity index (χ3n) is 7.40. The maximum atomic E-state index is 13.0. The van der Waals surface area contributed by atoms with Gasteiger partial charge in [0, 0.05) is 29.5 Å². The lowest BCUT2D eigenvalue weighted by molar-refractivity contribution is -0.136. The van der Waals surface area contributed by atoms with E-state index in [0.717, 1.165) is 36.2 Å². The number of rotatable bonds is 6. The van der Waals surface area contributed by atoms with Crippen molar-refractivity contribution in [3.63, 3.8) is 0 Å². The van der Waals surface area contributed by atoms with Crippen molar-refractivity contribution in [2.45, 2.75) is 57.8 Å². The van der Waals surface area contributed by atoms with Gasteiger partial charge in [-0.1, -0.05) is 24.6 Å². The first-order valence-electron chi connectivity index (χ1n) is 12.7. The minimum absolute atomic E-state index is 0.213. The number of benzene rings is 2. The predicted molar refractivity (Wildman–Crippen MR) is 132 cm³/mol. The molecular weight excluding hydrogens is 458 g/mol. The molecule has 0 radical (unpaired) electrons. The number of hydrogen-bond acceptors (Lipinski definition) is 6. The van der Waals surface area contributed by atoms with Crippen LogP contribution >= 0.6 is 0 Å². The van der Waals surface area contributed by atoms with Crippen LogP contribution in [0.3, 0.4) is 0 Å². The van der Waals surface area contributed by atoms with Gasteiger partial charge in [-0.25, -0.2) is 0 Å². The largest absolute Gasteiger partial charge is 0.485 e. The summed E-state index contributed by atoms with van der Waals surface area (Å²) in [5.74, 6) is 0.381. The Morgan fingerprint density at radius 3 is 2.72 bits per heavy atom. The molecule has 0 spiro atoms. The highest BCUT2D eigenvalue weighted by Crippen LogP contribution is 2.34. The number of carbonyl (C=O) groups excluding carboxylic acids is 3. The van der Waals surface area contributed by atoms with Crippen LogP contribution in [0.2, 0.25) is 0 Å². The molecule has 1 N–H and O–H groups in total. The monoisotopic (exact) mass is 487 g/mol. The van der Waals surface area contributed by atoms with E-state index in [1.807, 2.05) is 12.1 Å². The Morgan fingerprint density at radius 2 is 1.89 bits per heavy atom. The molecule has 3 amide bonds. The molecule has 0 aliphatic carbocycles. The maximum absolute atomic E-state index is 13.0. The number of nitrogens with one attached hydrogen (secondary N) is 1. The van der Waals surface area contributed by atoms with Crippen molar-refractivity contribution in [3.8, 4) is 5.75 Å². The van der Waals surface area contributed by atoms with Crippen LogP contribution in [0, 0.1) is 0 Å². The molecule has 186 valence electrons. The summed E-state index contributed by atoms with van der Waals surface area (Å²) in [5.41, 5.74) is 3.39. The predicted octanol–water partition coefficient (Wildman–Crippen LogP) is 3.76. The van der Waals surface area contributed by atoms with E-state index in [1.54, 1.807) is 12.1 Å². The third-order valence-corrected chi connectivity index (χ3v) is 7.40. The molecule has 1 aromatic heterocycles. The standard InChI is InChI=1S/C28H29N3O5/c32-26-10-9-23(27(33)29-26)31-16-22-21(28(31)34)5-4-6-24(22)35-17-20-14-19-8-7-18(13-25(19)36-20)15-30-11-2-1-3-12-30/h4-8,13-14,23H,1-3,9-12,15-17H2,(H,29,32,33). The average molecular weight is 488 g/mol. The van der Waals surface area contributed by atoms with E-state index in [-0.39, 0.29) is 31.4 Å². The van der Waals surface area contributed by atoms with Crippen LogP contribution < -0.4 is 10.1 Å². The topological polar surface area (TPSA) is 92.1 Å². The molecule has 8 heteroatoms. The Hall–Kier alpha value is -3.65. The summed E-state index contributed by atoms with van der Waals surface area (Å²) in [6.07, 6.45) is 4.42. The lowest BCUT2D eigenvalue weighted by atomic mass is 10.0. The van der Waals surface area contributed by atoms with Crippen molar-refractivity contribution in [2.24, 2.45) is 0 Å². The number of imide groups is 1. The Morgan fingerprint density at radius 1 is 1.03 bits per heavy atom. The van der Waals surface area contributed by atoms with Gasteiger partial charge in [0.2, 0.25) is 11.8 Å². The van der Waals surface area contributed by atoms with Gasteiger partial charge < -0.3 is 14.1 Å². The van der Waals surface area contributed by atoms with Gasteiger partial charge in [0.15, 0.2) is 0 Å². The van der Waals surface area contributed by atoms with Crippen molar-refractivity contribution in [2.75, 3.05) is 13.1 Å². The molecule has 3 aliphatic heterocycles. The molecule has 36 heavy (non-hydrogen) atoms. The fraction of sp³-hybridized carbons (Fsp3) is 0.393. The van der Waals surface area contributed by atoms with Gasteiger partial charge in [0.1, 0.15) is 29.7 Å². The van der Waals surface area contributed by atoms with Crippen LogP contribution in [-0.2, 0) is 29.3 Å². The summed E-state index contributed by atoms with van der Waals surface area (Å²) in [4.78, 5) is 40.9. The molecule has 2 aromatic carbocycles. The smallest absolute Gasteiger partial charge is 0.255 e. The summed E-state index contributed by atoms with van der Waals surface area (Å²) in [6.45, 7) is 3.76. The van der Waals surface area contributed by atoms with Crippen LogP contribution in [-0.4, -0.2) is 46.7 Å². The lowest BCUT2D eigenvalue weighted by Gasteiger charge is -2.29. The Balaban J connectivity index is 1.15. The third kappa shape index (κ3) is 4.37. The molecule has 8 nitrogen and oxygen atoms in total. The summed E-state index contributed by atoms with van der Waals surface area (Å²) >= 11 is 0. The maximum Gasteiger partial charge on any atom is 0.255 e. The van der Waals surface area contributed by atoms with Crippen LogP contribution in [0.25, 0.3) is 11.0 Å². The van der Waals surface area contributed by atoms with Crippen molar-refractivity contribution < 1.29 is 23.5 Å². The Labute approximate surface area is 209 Å². The first-order valence-corrected chi connectivity index (χ1v) is 12.7. The van der Waals surface area contributed by atoms with E-state index in [9.17, 15) is 14.4 Å². The minimum atomic E-state index is -0.648. The Bertz CT molecular complexity index is 1340. The molecule has 6 rings (SSSR count). The fourth-order valence-electron chi connectivity index (χ4n) is 5.52. The number of carbonyl (C=O) groups is 3. The number of fused-ring (bicyclic) bond motifs is 2. The van der Waals surface area contributed by atoms with Crippen LogP contribution in [0.5, 0.6) is 5.75 Å². The van der Waals surface area contributed by atoms with E-state index >= 15 is 0 Å². The zero-order chi connectivity index (χ0) is 24.6. The fourth-order valence-corrected chi connectivity index (χ4v) is 5.52. The number of piperidine rings is 2. The second kappa shape index (κ2) is 9.43. The van der Waals surface area contributed by atoms with Gasteiger partial charge in [-0.2, -0.15) is 0 Å². The highest BCUT2D eigenvalue weighted by Gasteiger charge is 2.40. The molecule has 2 fully saturated rings. The number of nitrogens with zero attached hydrogens (tertiary/aromatic N) is 2. The Kier molecular flexibility index (Phi) is 5.97. The first kappa shape index (κ1) is 22.8. The first-order chi connectivity index (χ1) is 17.5. The van der Waals surface area contributed by atoms with E-state index in [2.05, 4.69) is 28.4 Å². The normalized spacial score (nSPS) is 20.6.